The maximum absolute atomic E-state index is 10.8. The summed E-state index contributed by atoms with van der Waals surface area (Å²) in [5.41, 5.74) is 1.75. The molecule has 5 nitrogen and oxygen atoms in total. The molecule has 3 rings (SSSR count). The SMILES string of the molecule is CC1(C)OB(c2ccc3cc(CC(=O)O)[nH]c3c2)OC1(C)C. The van der Waals surface area contributed by atoms with E-state index < -0.39 is 13.1 Å². The smallest absolute Gasteiger partial charge is 0.481 e. The fourth-order valence-electron chi connectivity index (χ4n) is 2.59. The van der Waals surface area contributed by atoms with E-state index in [1.54, 1.807) is 0 Å². The standard InChI is InChI=1S/C16H20BNO4/c1-15(2)16(3,4)22-17(21-15)11-6-5-10-7-12(9-14(19)20)18-13(10)8-11/h5-8,18H,9H2,1-4H3,(H,19,20). The predicted octanol–water partition coefficient (Wildman–Crippen LogP) is 2.09. The van der Waals surface area contributed by atoms with Crippen LogP contribution in [0.1, 0.15) is 33.4 Å². The second kappa shape index (κ2) is 4.86. The minimum absolute atomic E-state index is 0.0134. The van der Waals surface area contributed by atoms with Crippen molar-refractivity contribution in [2.45, 2.75) is 45.3 Å². The fourth-order valence-corrected chi connectivity index (χ4v) is 2.59. The van der Waals surface area contributed by atoms with E-state index in [4.69, 9.17) is 14.4 Å². The van der Waals surface area contributed by atoms with Crippen molar-refractivity contribution in [1.82, 2.24) is 4.98 Å². The number of H-pyrrole nitrogens is 1. The summed E-state index contributed by atoms with van der Waals surface area (Å²) in [6, 6.07) is 7.74. The Labute approximate surface area is 129 Å². The number of rotatable bonds is 3. The third kappa shape index (κ3) is 2.53. The highest BCUT2D eigenvalue weighted by Crippen LogP contribution is 2.36. The van der Waals surface area contributed by atoms with Gasteiger partial charge in [-0.1, -0.05) is 12.1 Å². The van der Waals surface area contributed by atoms with Crippen molar-refractivity contribution < 1.29 is 19.2 Å². The first kappa shape index (κ1) is 15.1. The van der Waals surface area contributed by atoms with Gasteiger partial charge in [-0.2, -0.15) is 0 Å². The Hall–Kier alpha value is -1.79. The van der Waals surface area contributed by atoms with Crippen molar-refractivity contribution in [1.29, 1.82) is 0 Å². The monoisotopic (exact) mass is 301 g/mol. The van der Waals surface area contributed by atoms with Crippen LogP contribution in [0.4, 0.5) is 0 Å². The Morgan fingerprint density at radius 2 is 1.82 bits per heavy atom. The summed E-state index contributed by atoms with van der Waals surface area (Å²) in [7, 11) is -0.416. The number of benzene rings is 1. The van der Waals surface area contributed by atoms with Crippen molar-refractivity contribution in [2.75, 3.05) is 0 Å². The number of hydrogen-bond acceptors (Lipinski definition) is 3. The zero-order chi connectivity index (χ0) is 16.1. The zero-order valence-electron chi connectivity index (χ0n) is 13.3. The molecule has 1 aliphatic rings. The van der Waals surface area contributed by atoms with Crippen molar-refractivity contribution in [3.05, 3.63) is 30.0 Å². The molecule has 0 atom stereocenters. The topological polar surface area (TPSA) is 71.5 Å². The van der Waals surface area contributed by atoms with Crippen LogP contribution in [0.5, 0.6) is 0 Å². The maximum atomic E-state index is 10.8. The molecule has 1 saturated heterocycles. The van der Waals surface area contributed by atoms with Crippen LogP contribution in [0, 0.1) is 0 Å². The van der Waals surface area contributed by atoms with E-state index >= 15 is 0 Å². The number of aliphatic carboxylic acids is 1. The Bertz CT molecular complexity index is 719. The van der Waals surface area contributed by atoms with Gasteiger partial charge in [0.25, 0.3) is 0 Å². The van der Waals surface area contributed by atoms with Gasteiger partial charge in [0.1, 0.15) is 0 Å². The van der Waals surface area contributed by atoms with Crippen LogP contribution in [0.25, 0.3) is 10.9 Å². The normalized spacial score (nSPS) is 19.7. The molecule has 116 valence electrons. The highest BCUT2D eigenvalue weighted by molar-refractivity contribution is 6.62. The molecule has 2 N–H and O–H groups in total. The maximum Gasteiger partial charge on any atom is 0.494 e. The Balaban J connectivity index is 1.91. The van der Waals surface area contributed by atoms with Crippen LogP contribution in [0.2, 0.25) is 0 Å². The van der Waals surface area contributed by atoms with E-state index in [1.165, 1.54) is 0 Å². The summed E-state index contributed by atoms with van der Waals surface area (Å²) in [6.45, 7) is 8.08. The average molecular weight is 301 g/mol. The summed E-state index contributed by atoms with van der Waals surface area (Å²) < 4.78 is 12.1. The first-order valence-corrected chi connectivity index (χ1v) is 7.37. The molecular formula is C16H20BNO4. The van der Waals surface area contributed by atoms with Gasteiger partial charge in [-0.05, 0) is 50.7 Å². The van der Waals surface area contributed by atoms with Gasteiger partial charge in [0, 0.05) is 11.2 Å². The highest BCUT2D eigenvalue weighted by atomic mass is 16.7. The fraction of sp³-hybridized carbons (Fsp3) is 0.438. The molecule has 1 aliphatic heterocycles. The molecule has 1 aromatic carbocycles. The highest BCUT2D eigenvalue weighted by Gasteiger charge is 2.51. The van der Waals surface area contributed by atoms with Gasteiger partial charge in [-0.15, -0.1) is 0 Å². The Morgan fingerprint density at radius 3 is 2.41 bits per heavy atom. The van der Waals surface area contributed by atoms with E-state index in [2.05, 4.69) is 4.98 Å². The number of nitrogens with one attached hydrogen (secondary N) is 1. The molecular weight excluding hydrogens is 281 g/mol. The Kier molecular flexibility index (Phi) is 3.34. The molecule has 22 heavy (non-hydrogen) atoms. The molecule has 0 saturated carbocycles. The van der Waals surface area contributed by atoms with Gasteiger partial charge in [0.05, 0.1) is 17.6 Å². The lowest BCUT2D eigenvalue weighted by molar-refractivity contribution is -0.136. The Morgan fingerprint density at radius 1 is 1.18 bits per heavy atom. The van der Waals surface area contributed by atoms with Crippen molar-refractivity contribution >= 4 is 29.5 Å². The largest absolute Gasteiger partial charge is 0.494 e. The third-order valence-corrected chi connectivity index (χ3v) is 4.57. The molecule has 2 aromatic rings. The summed E-state index contributed by atoms with van der Waals surface area (Å²) >= 11 is 0. The second-order valence-corrected chi connectivity index (χ2v) is 6.80. The van der Waals surface area contributed by atoms with Crippen LogP contribution in [-0.2, 0) is 20.5 Å². The van der Waals surface area contributed by atoms with Crippen molar-refractivity contribution in [3.63, 3.8) is 0 Å². The summed E-state index contributed by atoms with van der Waals surface area (Å²) in [5, 5.41) is 9.86. The number of fused-ring (bicyclic) bond motifs is 1. The predicted molar refractivity (Wildman–Crippen MR) is 85.4 cm³/mol. The minimum atomic E-state index is -0.849. The zero-order valence-corrected chi connectivity index (χ0v) is 13.3. The minimum Gasteiger partial charge on any atom is -0.481 e. The van der Waals surface area contributed by atoms with Gasteiger partial charge in [-0.25, -0.2) is 0 Å². The molecule has 0 aliphatic carbocycles. The summed E-state index contributed by atoms with van der Waals surface area (Å²) in [6.07, 6.45) is -0.0134. The quantitative estimate of drug-likeness (QED) is 0.852. The van der Waals surface area contributed by atoms with Crippen LogP contribution in [0.15, 0.2) is 24.3 Å². The molecule has 0 radical (unpaired) electrons. The number of carboxylic acid groups (broad SMARTS) is 1. The molecule has 1 fully saturated rings. The summed E-state index contributed by atoms with van der Waals surface area (Å²) in [4.78, 5) is 13.9. The average Bonchev–Trinajstić information content (AvgIpc) is 2.85. The molecule has 2 heterocycles. The van der Waals surface area contributed by atoms with E-state index in [0.29, 0.717) is 5.69 Å². The van der Waals surface area contributed by atoms with E-state index in [0.717, 1.165) is 16.4 Å². The molecule has 6 heteroatoms. The lowest BCUT2D eigenvalue weighted by Crippen LogP contribution is -2.41. The molecule has 1 aromatic heterocycles. The van der Waals surface area contributed by atoms with E-state index in [9.17, 15) is 4.79 Å². The number of carboxylic acids is 1. The third-order valence-electron chi connectivity index (χ3n) is 4.57. The van der Waals surface area contributed by atoms with Gasteiger partial charge in [0.2, 0.25) is 0 Å². The number of aromatic amines is 1. The van der Waals surface area contributed by atoms with Crippen LogP contribution in [0.3, 0.4) is 0 Å². The molecule has 0 amide bonds. The lowest BCUT2D eigenvalue weighted by Gasteiger charge is -2.32. The summed E-state index contributed by atoms with van der Waals surface area (Å²) in [5.74, 6) is -0.849. The first-order chi connectivity index (χ1) is 10.2. The second-order valence-electron chi connectivity index (χ2n) is 6.80. The number of hydrogen-bond donors (Lipinski definition) is 2. The number of aromatic nitrogens is 1. The van der Waals surface area contributed by atoms with Gasteiger partial charge in [0.15, 0.2) is 0 Å². The van der Waals surface area contributed by atoms with Gasteiger partial charge in [-0.3, -0.25) is 4.79 Å². The van der Waals surface area contributed by atoms with Crippen LogP contribution in [-0.4, -0.2) is 34.4 Å². The molecule has 0 spiro atoms. The van der Waals surface area contributed by atoms with Gasteiger partial charge >= 0.3 is 13.1 Å². The van der Waals surface area contributed by atoms with Crippen LogP contribution < -0.4 is 5.46 Å². The van der Waals surface area contributed by atoms with Crippen molar-refractivity contribution in [2.24, 2.45) is 0 Å². The van der Waals surface area contributed by atoms with Gasteiger partial charge < -0.3 is 19.4 Å². The number of carbonyl (C=O) groups is 1. The lowest BCUT2D eigenvalue weighted by atomic mass is 9.79. The molecule has 0 bridgehead atoms. The molecule has 0 unspecified atom stereocenters. The first-order valence-electron chi connectivity index (χ1n) is 7.37. The van der Waals surface area contributed by atoms with Crippen LogP contribution >= 0.6 is 0 Å². The van der Waals surface area contributed by atoms with Crippen molar-refractivity contribution in [3.8, 4) is 0 Å². The van der Waals surface area contributed by atoms with E-state index in [1.807, 2.05) is 52.0 Å². The van der Waals surface area contributed by atoms with E-state index in [-0.39, 0.29) is 17.6 Å².